The van der Waals surface area contributed by atoms with Crippen LogP contribution in [0.1, 0.15) is 47.8 Å². The SMILES string of the molecule is CCCCCN(Cc1cccn1Cc1cccc(F)c1)C(=O)c1ccc(OC)cc1. The van der Waals surface area contributed by atoms with E-state index in [2.05, 4.69) is 11.5 Å². The molecule has 158 valence electrons. The van der Waals surface area contributed by atoms with Gasteiger partial charge in [0.15, 0.2) is 0 Å². The minimum absolute atomic E-state index is 0.00672. The van der Waals surface area contributed by atoms with Gasteiger partial charge in [0.05, 0.1) is 13.7 Å². The van der Waals surface area contributed by atoms with Crippen molar-refractivity contribution in [3.63, 3.8) is 0 Å². The van der Waals surface area contributed by atoms with Gasteiger partial charge in [-0.2, -0.15) is 0 Å². The average molecular weight is 409 g/mol. The topological polar surface area (TPSA) is 34.5 Å². The maximum Gasteiger partial charge on any atom is 0.254 e. The molecular formula is C25H29FN2O2. The van der Waals surface area contributed by atoms with Gasteiger partial charge in [0.1, 0.15) is 11.6 Å². The fourth-order valence-electron chi connectivity index (χ4n) is 3.50. The minimum Gasteiger partial charge on any atom is -0.497 e. The lowest BCUT2D eigenvalue weighted by Crippen LogP contribution is -2.32. The molecule has 0 aliphatic rings. The first-order chi connectivity index (χ1) is 14.6. The van der Waals surface area contributed by atoms with E-state index in [1.165, 1.54) is 6.07 Å². The monoisotopic (exact) mass is 408 g/mol. The third-order valence-electron chi connectivity index (χ3n) is 5.17. The van der Waals surface area contributed by atoms with E-state index in [9.17, 15) is 9.18 Å². The van der Waals surface area contributed by atoms with Gasteiger partial charge < -0.3 is 14.2 Å². The first-order valence-electron chi connectivity index (χ1n) is 10.4. The molecule has 0 atom stereocenters. The Morgan fingerprint density at radius 1 is 1.07 bits per heavy atom. The molecular weight excluding hydrogens is 379 g/mol. The van der Waals surface area contributed by atoms with E-state index in [0.29, 0.717) is 25.2 Å². The van der Waals surface area contributed by atoms with Crippen LogP contribution in [0.25, 0.3) is 0 Å². The Morgan fingerprint density at radius 3 is 2.57 bits per heavy atom. The van der Waals surface area contributed by atoms with Crippen molar-refractivity contribution in [2.24, 2.45) is 0 Å². The summed E-state index contributed by atoms with van der Waals surface area (Å²) in [5.74, 6) is 0.498. The predicted octanol–water partition coefficient (Wildman–Crippen LogP) is 5.52. The minimum atomic E-state index is -0.239. The van der Waals surface area contributed by atoms with Crippen LogP contribution >= 0.6 is 0 Å². The van der Waals surface area contributed by atoms with E-state index in [-0.39, 0.29) is 11.7 Å². The third-order valence-corrected chi connectivity index (χ3v) is 5.17. The summed E-state index contributed by atoms with van der Waals surface area (Å²) in [6.07, 6.45) is 5.11. The molecule has 0 N–H and O–H groups in total. The Labute approximate surface area is 177 Å². The number of aromatic nitrogens is 1. The fraction of sp³-hybridized carbons (Fsp3) is 0.320. The van der Waals surface area contributed by atoms with Crippen molar-refractivity contribution >= 4 is 5.91 Å². The molecule has 0 aliphatic heterocycles. The summed E-state index contributed by atoms with van der Waals surface area (Å²) < 4.78 is 20.8. The highest BCUT2D eigenvalue weighted by Gasteiger charge is 2.17. The van der Waals surface area contributed by atoms with Crippen LogP contribution in [0, 0.1) is 5.82 Å². The van der Waals surface area contributed by atoms with Gasteiger partial charge in [0, 0.05) is 30.5 Å². The second kappa shape index (κ2) is 10.6. The van der Waals surface area contributed by atoms with E-state index in [1.807, 2.05) is 41.4 Å². The van der Waals surface area contributed by atoms with E-state index in [1.54, 1.807) is 31.4 Å². The van der Waals surface area contributed by atoms with Crippen molar-refractivity contribution in [1.82, 2.24) is 9.47 Å². The van der Waals surface area contributed by atoms with Crippen molar-refractivity contribution < 1.29 is 13.9 Å². The number of rotatable bonds is 10. The maximum absolute atomic E-state index is 13.6. The van der Waals surface area contributed by atoms with Gasteiger partial charge in [-0.1, -0.05) is 31.9 Å². The van der Waals surface area contributed by atoms with Crippen molar-refractivity contribution in [2.45, 2.75) is 39.3 Å². The lowest BCUT2D eigenvalue weighted by atomic mass is 10.1. The number of amides is 1. The van der Waals surface area contributed by atoms with Crippen LogP contribution in [0.4, 0.5) is 4.39 Å². The molecule has 1 amide bonds. The van der Waals surface area contributed by atoms with Gasteiger partial charge in [0.25, 0.3) is 5.91 Å². The number of methoxy groups -OCH3 is 1. The molecule has 0 saturated carbocycles. The average Bonchev–Trinajstić information content (AvgIpc) is 3.19. The Bertz CT molecular complexity index is 950. The molecule has 0 aliphatic carbocycles. The van der Waals surface area contributed by atoms with Gasteiger partial charge in [-0.3, -0.25) is 4.79 Å². The summed E-state index contributed by atoms with van der Waals surface area (Å²) in [6.45, 7) is 3.93. The highest BCUT2D eigenvalue weighted by atomic mass is 19.1. The number of unbranched alkanes of at least 4 members (excludes halogenated alkanes) is 2. The van der Waals surface area contributed by atoms with Crippen LogP contribution in [0.2, 0.25) is 0 Å². The molecule has 0 radical (unpaired) electrons. The van der Waals surface area contributed by atoms with Gasteiger partial charge in [-0.25, -0.2) is 4.39 Å². The van der Waals surface area contributed by atoms with Gasteiger partial charge in [0.2, 0.25) is 0 Å². The van der Waals surface area contributed by atoms with Gasteiger partial charge >= 0.3 is 0 Å². The quantitative estimate of drug-likeness (QED) is 0.414. The summed E-state index contributed by atoms with van der Waals surface area (Å²) in [5, 5.41) is 0. The Balaban J connectivity index is 1.77. The predicted molar refractivity (Wildman–Crippen MR) is 117 cm³/mol. The highest BCUT2D eigenvalue weighted by Crippen LogP contribution is 2.17. The standard InChI is InChI=1S/C25H29FN2O2/c1-3-4-5-15-28(25(29)21-11-13-24(30-2)14-12-21)19-23-10-7-16-27(23)18-20-8-6-9-22(26)17-20/h6-14,16-17H,3-5,15,18-19H2,1-2H3. The third kappa shape index (κ3) is 5.72. The Kier molecular flexibility index (Phi) is 7.66. The Morgan fingerprint density at radius 2 is 1.87 bits per heavy atom. The number of benzene rings is 2. The molecule has 0 bridgehead atoms. The molecule has 3 aromatic rings. The zero-order valence-electron chi connectivity index (χ0n) is 17.7. The van der Waals surface area contributed by atoms with Crippen LogP contribution in [-0.4, -0.2) is 29.0 Å². The van der Waals surface area contributed by atoms with Crippen LogP contribution < -0.4 is 4.74 Å². The lowest BCUT2D eigenvalue weighted by Gasteiger charge is -2.24. The number of hydrogen-bond acceptors (Lipinski definition) is 2. The van der Waals surface area contributed by atoms with Crippen LogP contribution in [-0.2, 0) is 13.1 Å². The van der Waals surface area contributed by atoms with E-state index in [0.717, 1.165) is 36.3 Å². The van der Waals surface area contributed by atoms with Gasteiger partial charge in [-0.05, 0) is 60.5 Å². The molecule has 5 heteroatoms. The number of nitrogens with zero attached hydrogens (tertiary/aromatic N) is 2. The molecule has 1 aromatic heterocycles. The van der Waals surface area contributed by atoms with Gasteiger partial charge in [-0.15, -0.1) is 0 Å². The van der Waals surface area contributed by atoms with Crippen molar-refractivity contribution in [3.05, 3.63) is 89.5 Å². The molecule has 1 heterocycles. The largest absolute Gasteiger partial charge is 0.497 e. The fourth-order valence-corrected chi connectivity index (χ4v) is 3.50. The maximum atomic E-state index is 13.6. The van der Waals surface area contributed by atoms with Crippen LogP contribution in [0.5, 0.6) is 5.75 Å². The summed E-state index contributed by atoms with van der Waals surface area (Å²) >= 11 is 0. The number of carbonyl (C=O) groups is 1. The van der Waals surface area contributed by atoms with E-state index < -0.39 is 0 Å². The molecule has 2 aromatic carbocycles. The number of ether oxygens (including phenoxy) is 1. The van der Waals surface area contributed by atoms with Crippen molar-refractivity contribution in [1.29, 1.82) is 0 Å². The normalized spacial score (nSPS) is 10.8. The molecule has 3 rings (SSSR count). The molecule has 0 unspecified atom stereocenters. The van der Waals surface area contributed by atoms with E-state index >= 15 is 0 Å². The molecule has 30 heavy (non-hydrogen) atoms. The molecule has 0 saturated heterocycles. The zero-order chi connectivity index (χ0) is 21.3. The number of hydrogen-bond donors (Lipinski definition) is 0. The summed E-state index contributed by atoms with van der Waals surface area (Å²) in [7, 11) is 1.61. The molecule has 0 fully saturated rings. The molecule has 4 nitrogen and oxygen atoms in total. The van der Waals surface area contributed by atoms with Crippen molar-refractivity contribution in [3.8, 4) is 5.75 Å². The first-order valence-corrected chi connectivity index (χ1v) is 10.4. The smallest absolute Gasteiger partial charge is 0.254 e. The highest BCUT2D eigenvalue weighted by molar-refractivity contribution is 5.94. The first kappa shape index (κ1) is 21.6. The van der Waals surface area contributed by atoms with Crippen LogP contribution in [0.15, 0.2) is 66.9 Å². The van der Waals surface area contributed by atoms with Crippen molar-refractivity contribution in [2.75, 3.05) is 13.7 Å². The summed E-state index contributed by atoms with van der Waals surface area (Å²) in [4.78, 5) is 15.1. The van der Waals surface area contributed by atoms with E-state index in [4.69, 9.17) is 4.74 Å². The van der Waals surface area contributed by atoms with Crippen LogP contribution in [0.3, 0.4) is 0 Å². The number of halogens is 1. The number of carbonyl (C=O) groups excluding carboxylic acids is 1. The lowest BCUT2D eigenvalue weighted by molar-refractivity contribution is 0.0736. The summed E-state index contributed by atoms with van der Waals surface area (Å²) in [6, 6.07) is 17.8. The second-order valence-corrected chi connectivity index (χ2v) is 7.42. The summed E-state index contributed by atoms with van der Waals surface area (Å²) in [5.41, 5.74) is 2.57. The molecule has 0 spiro atoms. The zero-order valence-corrected chi connectivity index (χ0v) is 17.7. The Hall–Kier alpha value is -3.08. The second-order valence-electron chi connectivity index (χ2n) is 7.42.